The van der Waals surface area contributed by atoms with Crippen molar-refractivity contribution in [1.29, 1.82) is 0 Å². The summed E-state index contributed by atoms with van der Waals surface area (Å²) < 4.78 is 15.5. The van der Waals surface area contributed by atoms with Gasteiger partial charge < -0.3 is 5.11 Å². The zero-order valence-corrected chi connectivity index (χ0v) is 12.2. The molecule has 7 heteroatoms. The van der Waals surface area contributed by atoms with Crippen LogP contribution in [0.1, 0.15) is 11.3 Å². The third-order valence-corrected chi connectivity index (χ3v) is 3.63. The van der Waals surface area contributed by atoms with Crippen LogP contribution in [0.2, 0.25) is 5.02 Å². The topological polar surface area (TPSA) is 63.8 Å². The van der Waals surface area contributed by atoms with E-state index in [-0.39, 0.29) is 13.2 Å². The molecule has 0 unspecified atom stereocenters. The lowest BCUT2D eigenvalue weighted by Gasteiger charge is -2.10. The smallest absolute Gasteiger partial charge is 0.129 e. The molecule has 0 atom stereocenters. The monoisotopic (exact) mass is 318 g/mol. The second kappa shape index (κ2) is 6.21. The number of aromatic nitrogens is 4. The highest BCUT2D eigenvalue weighted by Crippen LogP contribution is 2.25. The third-order valence-electron chi connectivity index (χ3n) is 3.28. The van der Waals surface area contributed by atoms with E-state index in [1.165, 1.54) is 10.7 Å². The van der Waals surface area contributed by atoms with Gasteiger partial charge in [0.25, 0.3) is 0 Å². The van der Waals surface area contributed by atoms with Crippen molar-refractivity contribution in [1.82, 2.24) is 20.0 Å². The van der Waals surface area contributed by atoms with Crippen molar-refractivity contribution >= 4 is 11.6 Å². The molecule has 0 saturated carbocycles. The standard InChI is InChI=1S/C15H12ClFN4O/c16-12-2-1-3-13(17)11(12)8-21-15(14(9-22)19-20-21)10-4-6-18-7-5-10/h1-7,22H,8-9H2. The van der Waals surface area contributed by atoms with Gasteiger partial charge in [-0.05, 0) is 24.3 Å². The second-order valence-corrected chi connectivity index (χ2v) is 5.04. The molecule has 0 aliphatic rings. The fraction of sp³-hybridized carbons (Fsp3) is 0.133. The molecule has 3 rings (SSSR count). The van der Waals surface area contributed by atoms with E-state index < -0.39 is 5.82 Å². The normalized spacial score (nSPS) is 10.9. The highest BCUT2D eigenvalue weighted by atomic mass is 35.5. The average molecular weight is 319 g/mol. The van der Waals surface area contributed by atoms with Crippen LogP contribution in [-0.4, -0.2) is 25.1 Å². The number of hydrogen-bond acceptors (Lipinski definition) is 4. The van der Waals surface area contributed by atoms with Crippen molar-refractivity contribution in [3.8, 4) is 11.3 Å². The fourth-order valence-electron chi connectivity index (χ4n) is 2.22. The Kier molecular flexibility index (Phi) is 4.13. The summed E-state index contributed by atoms with van der Waals surface area (Å²) >= 11 is 6.06. The van der Waals surface area contributed by atoms with Gasteiger partial charge in [0, 0.05) is 28.5 Å². The molecule has 5 nitrogen and oxygen atoms in total. The molecular weight excluding hydrogens is 307 g/mol. The predicted molar refractivity (Wildman–Crippen MR) is 79.7 cm³/mol. The second-order valence-electron chi connectivity index (χ2n) is 4.64. The van der Waals surface area contributed by atoms with Gasteiger partial charge in [0.2, 0.25) is 0 Å². The Morgan fingerprint density at radius 3 is 2.64 bits per heavy atom. The van der Waals surface area contributed by atoms with Crippen LogP contribution in [0.5, 0.6) is 0 Å². The van der Waals surface area contributed by atoms with Gasteiger partial charge in [0.1, 0.15) is 11.5 Å². The molecule has 0 fully saturated rings. The number of aliphatic hydroxyl groups is 1. The Balaban J connectivity index is 2.07. The summed E-state index contributed by atoms with van der Waals surface area (Å²) in [5.74, 6) is -0.408. The van der Waals surface area contributed by atoms with E-state index in [1.54, 1.807) is 36.7 Å². The lowest BCUT2D eigenvalue weighted by molar-refractivity contribution is 0.277. The van der Waals surface area contributed by atoms with Gasteiger partial charge in [-0.2, -0.15) is 0 Å². The van der Waals surface area contributed by atoms with Gasteiger partial charge in [-0.1, -0.05) is 22.9 Å². The Hall–Kier alpha value is -2.31. The lowest BCUT2D eigenvalue weighted by Crippen LogP contribution is -2.07. The van der Waals surface area contributed by atoms with Crippen molar-refractivity contribution in [3.05, 3.63) is 64.8 Å². The van der Waals surface area contributed by atoms with E-state index in [9.17, 15) is 9.50 Å². The van der Waals surface area contributed by atoms with Crippen LogP contribution < -0.4 is 0 Å². The van der Waals surface area contributed by atoms with Crippen LogP contribution in [0.25, 0.3) is 11.3 Å². The Bertz CT molecular complexity index is 771. The minimum Gasteiger partial charge on any atom is -0.390 e. The molecule has 0 bridgehead atoms. The molecule has 112 valence electrons. The van der Waals surface area contributed by atoms with Gasteiger partial charge in [0.15, 0.2) is 0 Å². The molecule has 1 aromatic carbocycles. The SMILES string of the molecule is OCc1nnn(Cc2c(F)cccc2Cl)c1-c1ccncc1. The molecule has 3 aromatic rings. The molecule has 0 saturated heterocycles. The number of hydrogen-bond donors (Lipinski definition) is 1. The first-order valence-electron chi connectivity index (χ1n) is 6.57. The van der Waals surface area contributed by atoms with Gasteiger partial charge in [0.05, 0.1) is 18.8 Å². The Morgan fingerprint density at radius 2 is 1.95 bits per heavy atom. The number of halogens is 2. The van der Waals surface area contributed by atoms with E-state index in [1.807, 2.05) is 0 Å². The first-order chi connectivity index (χ1) is 10.7. The van der Waals surface area contributed by atoms with E-state index >= 15 is 0 Å². The summed E-state index contributed by atoms with van der Waals surface area (Å²) in [5, 5.41) is 17.7. The minimum atomic E-state index is -0.408. The average Bonchev–Trinajstić information content (AvgIpc) is 2.94. The first kappa shape index (κ1) is 14.6. The van der Waals surface area contributed by atoms with Crippen LogP contribution in [0.3, 0.4) is 0 Å². The predicted octanol–water partition coefficient (Wildman–Crippen LogP) is 2.67. The zero-order valence-electron chi connectivity index (χ0n) is 11.4. The summed E-state index contributed by atoms with van der Waals surface area (Å²) in [6.45, 7) is -0.140. The van der Waals surface area contributed by atoms with Gasteiger partial charge in [-0.25, -0.2) is 9.07 Å². The first-order valence-corrected chi connectivity index (χ1v) is 6.95. The lowest BCUT2D eigenvalue weighted by atomic mass is 10.1. The number of nitrogens with zero attached hydrogens (tertiary/aromatic N) is 4. The van der Waals surface area contributed by atoms with Crippen molar-refractivity contribution in [3.63, 3.8) is 0 Å². The van der Waals surface area contributed by atoms with Crippen molar-refractivity contribution in [2.75, 3.05) is 0 Å². The van der Waals surface area contributed by atoms with Crippen LogP contribution in [0, 0.1) is 5.82 Å². The largest absolute Gasteiger partial charge is 0.390 e. The Morgan fingerprint density at radius 1 is 1.18 bits per heavy atom. The quantitative estimate of drug-likeness (QED) is 0.803. The molecule has 2 aromatic heterocycles. The number of pyridine rings is 1. The van der Waals surface area contributed by atoms with E-state index in [0.29, 0.717) is 22.0 Å². The molecule has 0 spiro atoms. The molecule has 0 amide bonds. The van der Waals surface area contributed by atoms with Crippen LogP contribution in [-0.2, 0) is 13.2 Å². The van der Waals surface area contributed by atoms with Crippen LogP contribution in [0.4, 0.5) is 4.39 Å². The molecule has 0 aliphatic carbocycles. The molecule has 2 heterocycles. The maximum atomic E-state index is 14.0. The zero-order chi connectivity index (χ0) is 15.5. The van der Waals surface area contributed by atoms with Crippen molar-refractivity contribution in [2.24, 2.45) is 0 Å². The van der Waals surface area contributed by atoms with E-state index in [4.69, 9.17) is 11.6 Å². The maximum Gasteiger partial charge on any atom is 0.129 e. The molecular formula is C15H12ClFN4O. The molecule has 0 aliphatic heterocycles. The van der Waals surface area contributed by atoms with Crippen molar-refractivity contribution in [2.45, 2.75) is 13.2 Å². The van der Waals surface area contributed by atoms with E-state index in [2.05, 4.69) is 15.3 Å². The molecule has 0 radical (unpaired) electrons. The number of rotatable bonds is 4. The summed E-state index contributed by atoms with van der Waals surface area (Å²) in [6, 6.07) is 8.06. The van der Waals surface area contributed by atoms with Gasteiger partial charge in [-0.3, -0.25) is 4.98 Å². The highest BCUT2D eigenvalue weighted by Gasteiger charge is 2.17. The van der Waals surface area contributed by atoms with Crippen LogP contribution in [0.15, 0.2) is 42.7 Å². The van der Waals surface area contributed by atoms with Crippen molar-refractivity contribution < 1.29 is 9.50 Å². The third kappa shape index (κ3) is 2.70. The summed E-state index contributed by atoms with van der Waals surface area (Å²) in [7, 11) is 0. The summed E-state index contributed by atoms with van der Waals surface area (Å²) in [6.07, 6.45) is 3.26. The molecule has 22 heavy (non-hydrogen) atoms. The molecule has 1 N–H and O–H groups in total. The highest BCUT2D eigenvalue weighted by molar-refractivity contribution is 6.31. The number of benzene rings is 1. The fourth-order valence-corrected chi connectivity index (χ4v) is 2.45. The van der Waals surface area contributed by atoms with Crippen LogP contribution >= 0.6 is 11.6 Å². The summed E-state index contributed by atoms with van der Waals surface area (Å²) in [5.41, 5.74) is 2.15. The maximum absolute atomic E-state index is 14.0. The summed E-state index contributed by atoms with van der Waals surface area (Å²) in [4.78, 5) is 3.96. The Labute approximate surface area is 131 Å². The van der Waals surface area contributed by atoms with E-state index in [0.717, 1.165) is 5.56 Å². The number of aliphatic hydroxyl groups excluding tert-OH is 1. The van der Waals surface area contributed by atoms with Gasteiger partial charge >= 0.3 is 0 Å². The minimum absolute atomic E-state index is 0.121. The van der Waals surface area contributed by atoms with Gasteiger partial charge in [-0.15, -0.1) is 5.10 Å².